The summed E-state index contributed by atoms with van der Waals surface area (Å²) in [6.45, 7) is 0.498. The minimum absolute atomic E-state index is 0.419. The number of nitrogens with two attached hydrogens (primary N) is 2. The second-order valence-corrected chi connectivity index (χ2v) is 4.05. The van der Waals surface area contributed by atoms with Crippen LogP contribution in [-0.2, 0) is 6.54 Å². The van der Waals surface area contributed by atoms with Gasteiger partial charge in [-0.25, -0.2) is 4.98 Å². The molecule has 0 radical (unpaired) electrons. The first-order chi connectivity index (χ1) is 7.20. The first kappa shape index (κ1) is 10.2. The summed E-state index contributed by atoms with van der Waals surface area (Å²) in [5, 5.41) is 0. The largest absolute Gasteiger partial charge is 0.369 e. The molecule has 0 spiro atoms. The highest BCUT2D eigenvalue weighted by Gasteiger charge is 2.04. The third-order valence-electron chi connectivity index (χ3n) is 2.17. The molecule has 15 heavy (non-hydrogen) atoms. The number of hydrogen-bond donors (Lipinski definition) is 3. The molecule has 78 valence electrons. The second kappa shape index (κ2) is 4.04. The number of nitrogen functional groups attached to an aromatic ring is 1. The lowest BCUT2D eigenvalue weighted by Gasteiger charge is -2.04. The van der Waals surface area contributed by atoms with Crippen molar-refractivity contribution in [2.75, 3.05) is 5.73 Å². The summed E-state index contributed by atoms with van der Waals surface area (Å²) >= 11 is 3.44. The maximum atomic E-state index is 5.62. The second-order valence-electron chi connectivity index (χ2n) is 3.19. The molecule has 0 saturated heterocycles. The van der Waals surface area contributed by atoms with Crippen LogP contribution in [0.5, 0.6) is 0 Å². The molecule has 2 aromatic rings. The maximum absolute atomic E-state index is 5.62. The van der Waals surface area contributed by atoms with Crippen molar-refractivity contribution in [3.63, 3.8) is 0 Å². The van der Waals surface area contributed by atoms with Gasteiger partial charge in [0.15, 0.2) is 5.95 Å². The number of benzene rings is 1. The predicted molar refractivity (Wildman–Crippen MR) is 64.0 cm³/mol. The smallest absolute Gasteiger partial charge is 0.197 e. The van der Waals surface area contributed by atoms with Crippen molar-refractivity contribution in [3.05, 3.63) is 34.4 Å². The lowest BCUT2D eigenvalue weighted by atomic mass is 10.1. The molecule has 0 bridgehead atoms. The molecule has 0 amide bonds. The number of anilines is 1. The van der Waals surface area contributed by atoms with E-state index < -0.39 is 0 Å². The number of nitrogens with one attached hydrogen (secondary N) is 1. The van der Waals surface area contributed by atoms with E-state index in [1.54, 1.807) is 6.20 Å². The third kappa shape index (κ3) is 2.03. The van der Waals surface area contributed by atoms with E-state index in [2.05, 4.69) is 25.9 Å². The fraction of sp³-hybridized carbons (Fsp3) is 0.100. The Morgan fingerprint density at radius 1 is 1.40 bits per heavy atom. The summed E-state index contributed by atoms with van der Waals surface area (Å²) in [4.78, 5) is 6.92. The molecule has 5 heteroatoms. The molecule has 5 N–H and O–H groups in total. The zero-order chi connectivity index (χ0) is 10.8. The Labute approximate surface area is 95.8 Å². The number of halogens is 1. The predicted octanol–water partition coefficient (Wildman–Crippen LogP) is 1.88. The number of nitrogens with zero attached hydrogens (tertiary/aromatic N) is 1. The molecular weight excluding hydrogens is 256 g/mol. The molecule has 1 aromatic heterocycles. The molecule has 0 atom stereocenters. The van der Waals surface area contributed by atoms with Crippen LogP contribution < -0.4 is 11.5 Å². The molecule has 0 aliphatic heterocycles. The van der Waals surface area contributed by atoms with Crippen LogP contribution in [-0.4, -0.2) is 9.97 Å². The molecule has 4 nitrogen and oxygen atoms in total. The maximum Gasteiger partial charge on any atom is 0.197 e. The molecule has 0 saturated carbocycles. The molecule has 0 aliphatic rings. The monoisotopic (exact) mass is 266 g/mol. The van der Waals surface area contributed by atoms with Crippen LogP contribution >= 0.6 is 15.9 Å². The van der Waals surface area contributed by atoms with E-state index >= 15 is 0 Å². The molecule has 2 rings (SSSR count). The summed E-state index contributed by atoms with van der Waals surface area (Å²) in [7, 11) is 0. The van der Waals surface area contributed by atoms with Crippen molar-refractivity contribution in [3.8, 4) is 11.3 Å². The molecular formula is C10H11BrN4. The van der Waals surface area contributed by atoms with E-state index in [-0.39, 0.29) is 0 Å². The van der Waals surface area contributed by atoms with Crippen molar-refractivity contribution in [1.82, 2.24) is 9.97 Å². The van der Waals surface area contributed by atoms with Crippen LogP contribution in [0.4, 0.5) is 5.95 Å². The van der Waals surface area contributed by atoms with Gasteiger partial charge < -0.3 is 16.5 Å². The average Bonchev–Trinajstić information content (AvgIpc) is 2.66. The minimum Gasteiger partial charge on any atom is -0.369 e. The summed E-state index contributed by atoms with van der Waals surface area (Å²) in [6, 6.07) is 5.96. The van der Waals surface area contributed by atoms with E-state index in [0.717, 1.165) is 21.3 Å². The van der Waals surface area contributed by atoms with Crippen molar-refractivity contribution in [1.29, 1.82) is 0 Å². The Kier molecular flexibility index (Phi) is 2.75. The topological polar surface area (TPSA) is 80.7 Å². The van der Waals surface area contributed by atoms with E-state index in [1.165, 1.54) is 0 Å². The third-order valence-corrected chi connectivity index (χ3v) is 2.95. The standard InChI is InChI=1S/C10H11BrN4/c11-8-2-1-6(3-7(8)4-12)9-5-14-10(13)15-9/h1-3,5H,4,12H2,(H3,13,14,15). The first-order valence-corrected chi connectivity index (χ1v) is 5.29. The Morgan fingerprint density at radius 2 is 2.20 bits per heavy atom. The van der Waals surface area contributed by atoms with Gasteiger partial charge in [-0.1, -0.05) is 22.0 Å². The van der Waals surface area contributed by atoms with Gasteiger partial charge in [-0.3, -0.25) is 0 Å². The van der Waals surface area contributed by atoms with Crippen LogP contribution in [0.15, 0.2) is 28.9 Å². The van der Waals surface area contributed by atoms with Crippen molar-refractivity contribution >= 4 is 21.9 Å². The van der Waals surface area contributed by atoms with Crippen molar-refractivity contribution in [2.24, 2.45) is 5.73 Å². The summed E-state index contributed by atoms with van der Waals surface area (Å²) in [6.07, 6.45) is 1.71. The van der Waals surface area contributed by atoms with Crippen LogP contribution in [0.2, 0.25) is 0 Å². The zero-order valence-electron chi connectivity index (χ0n) is 8.00. The Bertz CT molecular complexity index is 478. The highest BCUT2D eigenvalue weighted by molar-refractivity contribution is 9.10. The highest BCUT2D eigenvalue weighted by Crippen LogP contribution is 2.24. The van der Waals surface area contributed by atoms with Crippen molar-refractivity contribution < 1.29 is 0 Å². The quantitative estimate of drug-likeness (QED) is 0.777. The summed E-state index contributed by atoms with van der Waals surface area (Å²) in [5.74, 6) is 0.419. The van der Waals surface area contributed by atoms with Gasteiger partial charge in [0.2, 0.25) is 0 Å². The fourth-order valence-electron chi connectivity index (χ4n) is 1.38. The Morgan fingerprint density at radius 3 is 2.80 bits per heavy atom. The van der Waals surface area contributed by atoms with E-state index in [9.17, 15) is 0 Å². The Hall–Kier alpha value is -1.33. The lowest BCUT2D eigenvalue weighted by molar-refractivity contribution is 1.06. The lowest BCUT2D eigenvalue weighted by Crippen LogP contribution is -1.97. The van der Waals surface area contributed by atoms with Crippen LogP contribution in [0, 0.1) is 0 Å². The number of H-pyrrole nitrogens is 1. The molecule has 0 aliphatic carbocycles. The molecule has 0 fully saturated rings. The van der Waals surface area contributed by atoms with Crippen LogP contribution in [0.1, 0.15) is 5.56 Å². The van der Waals surface area contributed by atoms with E-state index in [0.29, 0.717) is 12.5 Å². The van der Waals surface area contributed by atoms with Gasteiger partial charge in [-0.15, -0.1) is 0 Å². The number of imidazole rings is 1. The fourth-order valence-corrected chi connectivity index (χ4v) is 1.79. The van der Waals surface area contributed by atoms with Gasteiger partial charge >= 0.3 is 0 Å². The molecule has 1 aromatic carbocycles. The molecule has 0 unspecified atom stereocenters. The van der Waals surface area contributed by atoms with Crippen LogP contribution in [0.25, 0.3) is 11.3 Å². The number of hydrogen-bond acceptors (Lipinski definition) is 3. The van der Waals surface area contributed by atoms with E-state index in [4.69, 9.17) is 11.5 Å². The first-order valence-electron chi connectivity index (χ1n) is 4.50. The van der Waals surface area contributed by atoms with Crippen LogP contribution in [0.3, 0.4) is 0 Å². The Balaban J connectivity index is 2.45. The van der Waals surface area contributed by atoms with Gasteiger partial charge in [0.05, 0.1) is 11.9 Å². The van der Waals surface area contributed by atoms with Gasteiger partial charge in [0.25, 0.3) is 0 Å². The van der Waals surface area contributed by atoms with Crippen molar-refractivity contribution in [2.45, 2.75) is 6.54 Å². The number of aromatic nitrogens is 2. The SMILES string of the molecule is NCc1cc(-c2cnc(N)[nH]2)ccc1Br. The van der Waals surface area contributed by atoms with E-state index in [1.807, 2.05) is 18.2 Å². The van der Waals surface area contributed by atoms with Gasteiger partial charge in [0.1, 0.15) is 0 Å². The zero-order valence-corrected chi connectivity index (χ0v) is 9.58. The highest BCUT2D eigenvalue weighted by atomic mass is 79.9. The summed E-state index contributed by atoms with van der Waals surface area (Å²) in [5.41, 5.74) is 14.1. The number of aromatic amines is 1. The average molecular weight is 267 g/mol. The van der Waals surface area contributed by atoms with Gasteiger partial charge in [-0.05, 0) is 23.3 Å². The minimum atomic E-state index is 0.419. The molecule has 1 heterocycles. The van der Waals surface area contributed by atoms with Gasteiger partial charge in [0, 0.05) is 11.0 Å². The normalized spacial score (nSPS) is 10.5. The summed E-state index contributed by atoms with van der Waals surface area (Å²) < 4.78 is 1.02. The van der Waals surface area contributed by atoms with Gasteiger partial charge in [-0.2, -0.15) is 0 Å². The number of rotatable bonds is 2.